The Bertz CT molecular complexity index is 495. The standard InChI is InChI=1S/C11H14FN5/c12-8-5-9(13)11(14)10(6-8)16-2-4-17-3-1-15-7-17/h1,3,5-7,16H,2,4,13-14H2. The fraction of sp³-hybridized carbons (Fsp3) is 0.182. The number of benzene rings is 1. The summed E-state index contributed by atoms with van der Waals surface area (Å²) < 4.78 is 15.0. The van der Waals surface area contributed by atoms with Crippen molar-refractivity contribution >= 4 is 17.1 Å². The number of nitrogens with zero attached hydrogens (tertiary/aromatic N) is 2. The minimum Gasteiger partial charge on any atom is -0.397 e. The van der Waals surface area contributed by atoms with Crippen molar-refractivity contribution in [2.75, 3.05) is 23.3 Å². The smallest absolute Gasteiger partial charge is 0.127 e. The van der Waals surface area contributed by atoms with E-state index in [1.807, 2.05) is 10.8 Å². The monoisotopic (exact) mass is 235 g/mol. The summed E-state index contributed by atoms with van der Waals surface area (Å²) in [6, 6.07) is 2.54. The van der Waals surface area contributed by atoms with Crippen LogP contribution in [-0.2, 0) is 6.54 Å². The van der Waals surface area contributed by atoms with E-state index in [-0.39, 0.29) is 5.69 Å². The van der Waals surface area contributed by atoms with E-state index in [0.717, 1.165) is 6.54 Å². The molecule has 17 heavy (non-hydrogen) atoms. The highest BCUT2D eigenvalue weighted by Gasteiger charge is 2.05. The first-order valence-corrected chi connectivity index (χ1v) is 5.21. The third-order valence-corrected chi connectivity index (χ3v) is 2.42. The Morgan fingerprint density at radius 2 is 2.18 bits per heavy atom. The number of nitrogen functional groups attached to an aromatic ring is 2. The minimum atomic E-state index is -0.401. The molecule has 0 saturated heterocycles. The lowest BCUT2D eigenvalue weighted by Crippen LogP contribution is -2.11. The Hall–Kier alpha value is -2.24. The average Bonchev–Trinajstić information content (AvgIpc) is 2.78. The Morgan fingerprint density at radius 3 is 2.88 bits per heavy atom. The molecular weight excluding hydrogens is 221 g/mol. The molecule has 5 N–H and O–H groups in total. The highest BCUT2D eigenvalue weighted by atomic mass is 19.1. The van der Waals surface area contributed by atoms with Crippen molar-refractivity contribution in [2.45, 2.75) is 6.54 Å². The van der Waals surface area contributed by atoms with Crippen LogP contribution in [0.3, 0.4) is 0 Å². The van der Waals surface area contributed by atoms with E-state index in [2.05, 4.69) is 10.3 Å². The molecule has 0 atom stereocenters. The van der Waals surface area contributed by atoms with Crippen LogP contribution in [0.4, 0.5) is 21.5 Å². The molecular formula is C11H14FN5. The molecule has 0 unspecified atom stereocenters. The van der Waals surface area contributed by atoms with Crippen molar-refractivity contribution in [3.8, 4) is 0 Å². The number of hydrogen-bond donors (Lipinski definition) is 3. The number of nitrogens with one attached hydrogen (secondary N) is 1. The van der Waals surface area contributed by atoms with Gasteiger partial charge in [0.25, 0.3) is 0 Å². The quantitative estimate of drug-likeness (QED) is 0.697. The van der Waals surface area contributed by atoms with E-state index in [1.54, 1.807) is 12.5 Å². The van der Waals surface area contributed by atoms with Crippen molar-refractivity contribution in [2.24, 2.45) is 0 Å². The molecule has 0 aliphatic rings. The van der Waals surface area contributed by atoms with Crippen LogP contribution in [-0.4, -0.2) is 16.1 Å². The van der Waals surface area contributed by atoms with Crippen LogP contribution in [0, 0.1) is 5.82 Å². The van der Waals surface area contributed by atoms with Crippen molar-refractivity contribution in [3.05, 3.63) is 36.7 Å². The molecule has 2 aromatic rings. The Morgan fingerprint density at radius 1 is 1.35 bits per heavy atom. The van der Waals surface area contributed by atoms with E-state index in [1.165, 1.54) is 12.1 Å². The molecule has 1 heterocycles. The molecule has 1 aromatic heterocycles. The third-order valence-electron chi connectivity index (χ3n) is 2.42. The van der Waals surface area contributed by atoms with Gasteiger partial charge in [-0.2, -0.15) is 0 Å². The van der Waals surface area contributed by atoms with Crippen LogP contribution >= 0.6 is 0 Å². The summed E-state index contributed by atoms with van der Waals surface area (Å²) in [7, 11) is 0. The predicted molar refractivity (Wildman–Crippen MR) is 65.9 cm³/mol. The van der Waals surface area contributed by atoms with Gasteiger partial charge in [-0.3, -0.25) is 0 Å². The maximum absolute atomic E-state index is 13.1. The Labute approximate surface area is 98.3 Å². The maximum atomic E-state index is 13.1. The largest absolute Gasteiger partial charge is 0.397 e. The molecule has 0 spiro atoms. The summed E-state index contributed by atoms with van der Waals surface area (Å²) in [5, 5.41) is 3.04. The van der Waals surface area contributed by atoms with Gasteiger partial charge in [-0.05, 0) is 12.1 Å². The molecule has 2 rings (SSSR count). The van der Waals surface area contributed by atoms with Crippen LogP contribution in [0.5, 0.6) is 0 Å². The second-order valence-electron chi connectivity index (χ2n) is 3.68. The number of rotatable bonds is 4. The first-order valence-electron chi connectivity index (χ1n) is 5.21. The minimum absolute atomic E-state index is 0.245. The van der Waals surface area contributed by atoms with Crippen LogP contribution in [0.25, 0.3) is 0 Å². The summed E-state index contributed by atoms with van der Waals surface area (Å²) in [5.41, 5.74) is 12.4. The van der Waals surface area contributed by atoms with Gasteiger partial charge in [-0.25, -0.2) is 9.37 Å². The van der Waals surface area contributed by atoms with Crippen LogP contribution in [0.15, 0.2) is 30.9 Å². The number of halogens is 1. The molecule has 5 nitrogen and oxygen atoms in total. The molecule has 90 valence electrons. The van der Waals surface area contributed by atoms with Gasteiger partial charge in [-0.1, -0.05) is 0 Å². The highest BCUT2D eigenvalue weighted by molar-refractivity contribution is 5.78. The van der Waals surface area contributed by atoms with E-state index in [4.69, 9.17) is 11.5 Å². The summed E-state index contributed by atoms with van der Waals surface area (Å²) >= 11 is 0. The molecule has 0 fully saturated rings. The lowest BCUT2D eigenvalue weighted by molar-refractivity contribution is 0.629. The van der Waals surface area contributed by atoms with Crippen LogP contribution in [0.1, 0.15) is 0 Å². The van der Waals surface area contributed by atoms with Crippen LogP contribution in [0.2, 0.25) is 0 Å². The van der Waals surface area contributed by atoms with Gasteiger partial charge in [0.05, 0.1) is 23.4 Å². The number of hydrogen-bond acceptors (Lipinski definition) is 4. The van der Waals surface area contributed by atoms with Gasteiger partial charge < -0.3 is 21.4 Å². The Kier molecular flexibility index (Phi) is 3.13. The SMILES string of the molecule is Nc1cc(F)cc(NCCn2ccnc2)c1N. The molecule has 0 aliphatic carbocycles. The molecule has 0 bridgehead atoms. The van der Waals surface area contributed by atoms with Crippen LogP contribution < -0.4 is 16.8 Å². The maximum Gasteiger partial charge on any atom is 0.127 e. The molecule has 0 saturated carbocycles. The predicted octanol–water partition coefficient (Wildman–Crippen LogP) is 1.30. The third kappa shape index (κ3) is 2.66. The van der Waals surface area contributed by atoms with Gasteiger partial charge in [0.2, 0.25) is 0 Å². The van der Waals surface area contributed by atoms with Crippen molar-refractivity contribution in [3.63, 3.8) is 0 Å². The van der Waals surface area contributed by atoms with E-state index in [0.29, 0.717) is 17.9 Å². The number of aromatic nitrogens is 2. The second-order valence-corrected chi connectivity index (χ2v) is 3.68. The fourth-order valence-electron chi connectivity index (χ4n) is 1.52. The molecule has 1 aromatic carbocycles. The first kappa shape index (κ1) is 11.3. The van der Waals surface area contributed by atoms with E-state index < -0.39 is 5.82 Å². The highest BCUT2D eigenvalue weighted by Crippen LogP contribution is 2.26. The zero-order valence-corrected chi connectivity index (χ0v) is 9.23. The zero-order valence-electron chi connectivity index (χ0n) is 9.23. The second kappa shape index (κ2) is 4.73. The van der Waals surface area contributed by atoms with E-state index in [9.17, 15) is 4.39 Å². The number of anilines is 3. The van der Waals surface area contributed by atoms with E-state index >= 15 is 0 Å². The average molecular weight is 235 g/mol. The summed E-state index contributed by atoms with van der Waals surface area (Å²) in [5.74, 6) is -0.401. The fourth-order valence-corrected chi connectivity index (χ4v) is 1.52. The Balaban J connectivity index is 1.99. The van der Waals surface area contributed by atoms with Gasteiger partial charge in [-0.15, -0.1) is 0 Å². The lowest BCUT2D eigenvalue weighted by atomic mass is 10.2. The van der Waals surface area contributed by atoms with Crippen molar-refractivity contribution in [1.82, 2.24) is 9.55 Å². The summed E-state index contributed by atoms with van der Waals surface area (Å²) in [6.07, 6.45) is 5.27. The summed E-state index contributed by atoms with van der Waals surface area (Å²) in [4.78, 5) is 3.92. The molecule has 0 amide bonds. The van der Waals surface area contributed by atoms with Gasteiger partial charge in [0.15, 0.2) is 0 Å². The summed E-state index contributed by atoms with van der Waals surface area (Å²) in [6.45, 7) is 1.33. The number of imidazole rings is 1. The topological polar surface area (TPSA) is 81.9 Å². The molecule has 0 aliphatic heterocycles. The van der Waals surface area contributed by atoms with Gasteiger partial charge >= 0.3 is 0 Å². The zero-order chi connectivity index (χ0) is 12.3. The first-order chi connectivity index (χ1) is 8.16. The molecule has 6 heteroatoms. The normalized spacial score (nSPS) is 10.4. The lowest BCUT2D eigenvalue weighted by Gasteiger charge is -2.11. The number of nitrogens with two attached hydrogens (primary N) is 2. The van der Waals surface area contributed by atoms with Gasteiger partial charge in [0.1, 0.15) is 5.82 Å². The van der Waals surface area contributed by atoms with Crippen molar-refractivity contribution in [1.29, 1.82) is 0 Å². The molecule has 0 radical (unpaired) electrons. The van der Waals surface area contributed by atoms with Crippen molar-refractivity contribution < 1.29 is 4.39 Å². The van der Waals surface area contributed by atoms with Gasteiger partial charge in [0, 0.05) is 25.5 Å².